The van der Waals surface area contributed by atoms with Crippen LogP contribution in [0.1, 0.15) is 49.2 Å². The topological polar surface area (TPSA) is 100 Å². The molecule has 2 aromatic rings. The van der Waals surface area contributed by atoms with E-state index < -0.39 is 23.5 Å². The van der Waals surface area contributed by atoms with E-state index in [-0.39, 0.29) is 29.3 Å². The summed E-state index contributed by atoms with van der Waals surface area (Å²) in [5, 5.41) is 12.9. The van der Waals surface area contributed by atoms with Crippen molar-refractivity contribution in [3.63, 3.8) is 0 Å². The van der Waals surface area contributed by atoms with Crippen LogP contribution >= 0.6 is 0 Å². The Morgan fingerprint density at radius 1 is 1.12 bits per heavy atom. The zero-order chi connectivity index (χ0) is 22.7. The molecule has 10 heteroatoms. The highest BCUT2D eigenvalue weighted by atomic mass is 19.1. The van der Waals surface area contributed by atoms with Gasteiger partial charge in [-0.25, -0.2) is 8.78 Å². The third kappa shape index (κ3) is 4.79. The molecule has 32 heavy (non-hydrogen) atoms. The molecule has 1 aromatic carbocycles. The minimum Gasteiger partial charge on any atom is -0.412 e. The van der Waals surface area contributed by atoms with Crippen LogP contribution in [0.25, 0.3) is 11.5 Å². The standard InChI is InChI=1S/C22H27F2N5O3/c1-25-19(30)16-12-29(14-5-3-2-4-6-14)10-9-18(16)26-20(31)22-28-27-21(32-22)15-8-7-13(23)11-17(15)24/h7-8,11,14,16,18H,2-6,9-10,12H2,1H3,(H,25,30)(H,26,31)/t16-,18-/m1/s1. The number of hydrogen-bond donors (Lipinski definition) is 2. The fourth-order valence-electron chi connectivity index (χ4n) is 4.70. The highest BCUT2D eigenvalue weighted by Gasteiger charge is 2.38. The molecule has 0 bridgehead atoms. The number of nitrogens with one attached hydrogen (secondary N) is 2. The minimum absolute atomic E-state index is 0.0954. The summed E-state index contributed by atoms with van der Waals surface area (Å²) in [6.07, 6.45) is 6.58. The molecule has 2 atom stereocenters. The molecular weight excluding hydrogens is 420 g/mol. The van der Waals surface area contributed by atoms with E-state index in [0.717, 1.165) is 25.5 Å². The van der Waals surface area contributed by atoms with Crippen LogP contribution in [0, 0.1) is 17.6 Å². The van der Waals surface area contributed by atoms with Crippen molar-refractivity contribution in [2.24, 2.45) is 5.92 Å². The van der Waals surface area contributed by atoms with Gasteiger partial charge >= 0.3 is 11.8 Å². The number of amides is 2. The molecule has 1 aliphatic carbocycles. The number of rotatable bonds is 5. The number of aromatic nitrogens is 2. The molecule has 1 saturated heterocycles. The Hall–Kier alpha value is -2.88. The van der Waals surface area contributed by atoms with Crippen LogP contribution in [0.5, 0.6) is 0 Å². The molecule has 1 aromatic heterocycles. The number of halogens is 2. The quantitative estimate of drug-likeness (QED) is 0.731. The summed E-state index contributed by atoms with van der Waals surface area (Å²) < 4.78 is 32.4. The first-order valence-electron chi connectivity index (χ1n) is 11.0. The lowest BCUT2D eigenvalue weighted by Gasteiger charge is -2.42. The summed E-state index contributed by atoms with van der Waals surface area (Å²) in [7, 11) is 1.59. The number of piperidine rings is 1. The molecule has 2 N–H and O–H groups in total. The van der Waals surface area contributed by atoms with Gasteiger partial charge in [-0.2, -0.15) is 0 Å². The summed E-state index contributed by atoms with van der Waals surface area (Å²) in [6, 6.07) is 3.03. The second-order valence-electron chi connectivity index (χ2n) is 8.41. The molecule has 0 unspecified atom stereocenters. The fourth-order valence-corrected chi connectivity index (χ4v) is 4.70. The molecule has 2 heterocycles. The van der Waals surface area contributed by atoms with Crippen LogP contribution < -0.4 is 10.6 Å². The minimum atomic E-state index is -0.865. The number of hydrogen-bond acceptors (Lipinski definition) is 6. The Kier molecular flexibility index (Phi) is 6.78. The maximum atomic E-state index is 14.0. The first kappa shape index (κ1) is 22.3. The second kappa shape index (κ2) is 9.72. The van der Waals surface area contributed by atoms with Gasteiger partial charge in [-0.1, -0.05) is 19.3 Å². The second-order valence-corrected chi connectivity index (χ2v) is 8.41. The largest absolute Gasteiger partial charge is 0.412 e. The molecule has 2 aliphatic rings. The molecular formula is C22H27F2N5O3. The van der Waals surface area contributed by atoms with Crippen LogP contribution in [0.3, 0.4) is 0 Å². The van der Waals surface area contributed by atoms with E-state index in [9.17, 15) is 18.4 Å². The number of benzene rings is 1. The van der Waals surface area contributed by atoms with Crippen molar-refractivity contribution in [2.75, 3.05) is 20.1 Å². The van der Waals surface area contributed by atoms with Gasteiger partial charge in [0.15, 0.2) is 0 Å². The van der Waals surface area contributed by atoms with Crippen molar-refractivity contribution in [3.05, 3.63) is 35.7 Å². The lowest BCUT2D eigenvalue weighted by molar-refractivity contribution is -0.127. The van der Waals surface area contributed by atoms with Crippen molar-refractivity contribution in [1.82, 2.24) is 25.7 Å². The van der Waals surface area contributed by atoms with E-state index >= 15 is 0 Å². The maximum Gasteiger partial charge on any atom is 0.309 e. The van der Waals surface area contributed by atoms with Crippen molar-refractivity contribution in [3.8, 4) is 11.5 Å². The Balaban J connectivity index is 1.44. The lowest BCUT2D eigenvalue weighted by atomic mass is 9.87. The number of likely N-dealkylation sites (tertiary alicyclic amines) is 1. The summed E-state index contributed by atoms with van der Waals surface area (Å²) in [4.78, 5) is 27.7. The van der Waals surface area contributed by atoms with E-state index in [1.807, 2.05) is 0 Å². The molecule has 1 saturated carbocycles. The molecule has 2 amide bonds. The Bertz CT molecular complexity index is 976. The third-order valence-electron chi connectivity index (χ3n) is 6.42. The van der Waals surface area contributed by atoms with Crippen LogP contribution in [0.2, 0.25) is 0 Å². The molecule has 172 valence electrons. The van der Waals surface area contributed by atoms with Crippen LogP contribution in [-0.4, -0.2) is 59.1 Å². The molecule has 0 radical (unpaired) electrons. The van der Waals surface area contributed by atoms with Crippen LogP contribution in [-0.2, 0) is 4.79 Å². The van der Waals surface area contributed by atoms with Gasteiger partial charge in [0, 0.05) is 38.3 Å². The summed E-state index contributed by atoms with van der Waals surface area (Å²) >= 11 is 0. The van der Waals surface area contributed by atoms with Gasteiger partial charge in [0.1, 0.15) is 11.6 Å². The Labute approximate surface area is 184 Å². The van der Waals surface area contributed by atoms with Crippen molar-refractivity contribution in [2.45, 2.75) is 50.6 Å². The van der Waals surface area contributed by atoms with Gasteiger partial charge in [0.05, 0.1) is 11.5 Å². The number of nitrogens with zero attached hydrogens (tertiary/aromatic N) is 3. The van der Waals surface area contributed by atoms with Gasteiger partial charge in [0.2, 0.25) is 5.91 Å². The van der Waals surface area contributed by atoms with Gasteiger partial charge in [-0.15, -0.1) is 10.2 Å². The van der Waals surface area contributed by atoms with Gasteiger partial charge in [-0.05, 0) is 31.4 Å². The highest BCUT2D eigenvalue weighted by Crippen LogP contribution is 2.28. The molecule has 8 nitrogen and oxygen atoms in total. The van der Waals surface area contributed by atoms with E-state index in [1.54, 1.807) is 7.05 Å². The van der Waals surface area contributed by atoms with E-state index in [4.69, 9.17) is 4.42 Å². The smallest absolute Gasteiger partial charge is 0.309 e. The SMILES string of the molecule is CNC(=O)[C@@H]1CN(C2CCCCC2)CC[C@H]1NC(=O)c1nnc(-c2ccc(F)cc2F)o1. The van der Waals surface area contributed by atoms with E-state index in [0.29, 0.717) is 25.1 Å². The Morgan fingerprint density at radius 3 is 2.62 bits per heavy atom. The predicted molar refractivity (Wildman–Crippen MR) is 112 cm³/mol. The van der Waals surface area contributed by atoms with Crippen molar-refractivity contribution < 1.29 is 22.8 Å². The first-order valence-corrected chi connectivity index (χ1v) is 11.0. The summed E-state index contributed by atoms with van der Waals surface area (Å²) in [5.74, 6) is -3.32. The average Bonchev–Trinajstić information content (AvgIpc) is 3.29. The van der Waals surface area contributed by atoms with Gasteiger partial charge in [0.25, 0.3) is 5.89 Å². The van der Waals surface area contributed by atoms with Crippen LogP contribution in [0.4, 0.5) is 8.78 Å². The number of carbonyl (C=O) groups excluding carboxylic acids is 2. The van der Waals surface area contributed by atoms with Gasteiger partial charge < -0.3 is 15.1 Å². The monoisotopic (exact) mass is 447 g/mol. The molecule has 4 rings (SSSR count). The number of carbonyl (C=O) groups is 2. The van der Waals surface area contributed by atoms with E-state index in [2.05, 4.69) is 25.7 Å². The first-order chi connectivity index (χ1) is 15.5. The van der Waals surface area contributed by atoms with E-state index in [1.165, 1.54) is 25.3 Å². The fraction of sp³-hybridized carbons (Fsp3) is 0.545. The average molecular weight is 447 g/mol. The zero-order valence-corrected chi connectivity index (χ0v) is 17.9. The molecule has 0 spiro atoms. The van der Waals surface area contributed by atoms with Gasteiger partial charge in [-0.3, -0.25) is 14.5 Å². The summed E-state index contributed by atoms with van der Waals surface area (Å²) in [5.41, 5.74) is -0.0954. The van der Waals surface area contributed by atoms with Crippen molar-refractivity contribution >= 4 is 11.8 Å². The van der Waals surface area contributed by atoms with Crippen LogP contribution in [0.15, 0.2) is 22.6 Å². The molecule has 1 aliphatic heterocycles. The lowest BCUT2D eigenvalue weighted by Crippen LogP contribution is -2.57. The predicted octanol–water partition coefficient (Wildman–Crippen LogP) is 2.51. The normalized spacial score (nSPS) is 22.5. The Morgan fingerprint density at radius 2 is 1.91 bits per heavy atom. The molecule has 2 fully saturated rings. The van der Waals surface area contributed by atoms with Crippen molar-refractivity contribution in [1.29, 1.82) is 0 Å². The highest BCUT2D eigenvalue weighted by molar-refractivity contribution is 5.90. The maximum absolute atomic E-state index is 14.0. The summed E-state index contributed by atoms with van der Waals surface area (Å²) in [6.45, 7) is 1.37. The third-order valence-corrected chi connectivity index (χ3v) is 6.42. The zero-order valence-electron chi connectivity index (χ0n) is 17.9.